The van der Waals surface area contributed by atoms with Crippen LogP contribution in [0.2, 0.25) is 0 Å². The fourth-order valence-electron chi connectivity index (χ4n) is 3.98. The molecule has 0 bridgehead atoms. The summed E-state index contributed by atoms with van der Waals surface area (Å²) in [5.41, 5.74) is 1.81. The van der Waals surface area contributed by atoms with Crippen LogP contribution in [0.25, 0.3) is 0 Å². The van der Waals surface area contributed by atoms with Crippen molar-refractivity contribution in [2.75, 3.05) is 7.11 Å². The van der Waals surface area contributed by atoms with Crippen molar-refractivity contribution >= 4 is 11.8 Å². The standard InChI is InChI=1S/C23H29N3O3/c1-17(13-19-6-4-12-24-16-19)25-21(27)8-10-23(11-9-22(28)26-23)15-18-5-3-7-20(14-18)29-2/h3-7,12,14,16-17H,8-11,13,15H2,1-2H3,(H,25,27)(H,26,28). The molecular formula is C23H29N3O3. The number of hydrogen-bond acceptors (Lipinski definition) is 4. The fraction of sp³-hybridized carbons (Fsp3) is 0.435. The molecule has 1 saturated heterocycles. The van der Waals surface area contributed by atoms with Gasteiger partial charge in [0.2, 0.25) is 11.8 Å². The van der Waals surface area contributed by atoms with Crippen molar-refractivity contribution in [3.05, 3.63) is 59.9 Å². The molecule has 6 nitrogen and oxygen atoms in total. The van der Waals surface area contributed by atoms with Crippen LogP contribution in [-0.4, -0.2) is 35.5 Å². The summed E-state index contributed by atoms with van der Waals surface area (Å²) in [6.07, 6.45) is 7.22. The Morgan fingerprint density at radius 3 is 2.83 bits per heavy atom. The average Bonchev–Trinajstić information content (AvgIpc) is 3.08. The van der Waals surface area contributed by atoms with E-state index < -0.39 is 0 Å². The van der Waals surface area contributed by atoms with Crippen LogP contribution in [0.15, 0.2) is 48.8 Å². The molecule has 2 aromatic rings. The minimum absolute atomic E-state index is 0.00700. The number of nitrogens with zero attached hydrogens (tertiary/aromatic N) is 1. The third-order valence-corrected chi connectivity index (χ3v) is 5.41. The molecule has 2 N–H and O–H groups in total. The molecule has 6 heteroatoms. The molecule has 2 amide bonds. The highest BCUT2D eigenvalue weighted by Crippen LogP contribution is 2.30. The molecule has 29 heavy (non-hydrogen) atoms. The summed E-state index contributed by atoms with van der Waals surface area (Å²) in [6, 6.07) is 11.8. The van der Waals surface area contributed by atoms with E-state index in [1.54, 1.807) is 13.3 Å². The lowest BCUT2D eigenvalue weighted by Gasteiger charge is -2.29. The van der Waals surface area contributed by atoms with Crippen molar-refractivity contribution in [3.63, 3.8) is 0 Å². The van der Waals surface area contributed by atoms with Crippen molar-refractivity contribution in [3.8, 4) is 5.75 Å². The Labute approximate surface area is 172 Å². The third-order valence-electron chi connectivity index (χ3n) is 5.41. The second-order valence-corrected chi connectivity index (χ2v) is 7.89. The zero-order chi connectivity index (χ0) is 20.7. The summed E-state index contributed by atoms with van der Waals surface area (Å²) in [5, 5.41) is 6.20. The van der Waals surface area contributed by atoms with E-state index in [2.05, 4.69) is 15.6 Å². The number of nitrogens with one attached hydrogen (secondary N) is 2. The van der Waals surface area contributed by atoms with Crippen LogP contribution >= 0.6 is 0 Å². The van der Waals surface area contributed by atoms with Crippen LogP contribution < -0.4 is 15.4 Å². The smallest absolute Gasteiger partial charge is 0.220 e. The van der Waals surface area contributed by atoms with Crippen LogP contribution in [0.5, 0.6) is 5.75 Å². The Morgan fingerprint density at radius 1 is 1.31 bits per heavy atom. The number of hydrogen-bond donors (Lipinski definition) is 2. The molecule has 2 heterocycles. The quantitative estimate of drug-likeness (QED) is 0.684. The summed E-state index contributed by atoms with van der Waals surface area (Å²) in [7, 11) is 1.64. The second kappa shape index (κ2) is 9.54. The summed E-state index contributed by atoms with van der Waals surface area (Å²) in [5.74, 6) is 0.856. The van der Waals surface area contributed by atoms with Gasteiger partial charge in [-0.2, -0.15) is 0 Å². The van der Waals surface area contributed by atoms with Gasteiger partial charge in [-0.3, -0.25) is 14.6 Å². The van der Waals surface area contributed by atoms with Crippen LogP contribution in [0, 0.1) is 0 Å². The first-order valence-electron chi connectivity index (χ1n) is 10.1. The number of methoxy groups -OCH3 is 1. The monoisotopic (exact) mass is 395 g/mol. The van der Waals surface area contributed by atoms with Gasteiger partial charge in [-0.25, -0.2) is 0 Å². The summed E-state index contributed by atoms with van der Waals surface area (Å²) < 4.78 is 5.31. The molecule has 0 radical (unpaired) electrons. The van der Waals surface area contributed by atoms with Gasteiger partial charge in [0.05, 0.1) is 7.11 Å². The van der Waals surface area contributed by atoms with Crippen LogP contribution in [-0.2, 0) is 22.4 Å². The van der Waals surface area contributed by atoms with E-state index in [-0.39, 0.29) is 23.4 Å². The van der Waals surface area contributed by atoms with Crippen LogP contribution in [0.1, 0.15) is 43.7 Å². The average molecular weight is 396 g/mol. The number of carbonyl (C=O) groups excluding carboxylic acids is 2. The number of carbonyl (C=O) groups is 2. The highest BCUT2D eigenvalue weighted by Gasteiger charge is 2.38. The predicted octanol–water partition coefficient (Wildman–Crippen LogP) is 2.81. The molecule has 2 atom stereocenters. The van der Waals surface area contributed by atoms with Crippen LogP contribution in [0.4, 0.5) is 0 Å². The maximum atomic E-state index is 12.5. The molecule has 0 saturated carbocycles. The normalized spacial score (nSPS) is 19.4. The lowest BCUT2D eigenvalue weighted by Crippen LogP contribution is -2.45. The Bertz CT molecular complexity index is 840. The molecule has 1 fully saturated rings. The van der Waals surface area contributed by atoms with E-state index in [0.717, 1.165) is 29.7 Å². The molecule has 1 aliphatic heterocycles. The maximum Gasteiger partial charge on any atom is 0.220 e. The van der Waals surface area contributed by atoms with E-state index in [0.29, 0.717) is 25.7 Å². The van der Waals surface area contributed by atoms with E-state index in [1.165, 1.54) is 0 Å². The van der Waals surface area contributed by atoms with Gasteiger partial charge in [-0.1, -0.05) is 18.2 Å². The van der Waals surface area contributed by atoms with Gasteiger partial charge in [0.1, 0.15) is 5.75 Å². The van der Waals surface area contributed by atoms with Gasteiger partial charge in [-0.05, 0) is 61.9 Å². The Hall–Kier alpha value is -2.89. The van der Waals surface area contributed by atoms with Crippen LogP contribution in [0.3, 0.4) is 0 Å². The summed E-state index contributed by atoms with van der Waals surface area (Å²) in [4.78, 5) is 28.6. The van der Waals surface area contributed by atoms with Gasteiger partial charge in [-0.15, -0.1) is 0 Å². The van der Waals surface area contributed by atoms with Crippen molar-refractivity contribution in [2.45, 2.75) is 57.0 Å². The predicted molar refractivity (Wildman–Crippen MR) is 112 cm³/mol. The SMILES string of the molecule is COc1cccc(CC2(CCC(=O)NC(C)Cc3cccnc3)CCC(=O)N2)c1. The Kier molecular flexibility index (Phi) is 6.86. The van der Waals surface area contributed by atoms with Gasteiger partial charge >= 0.3 is 0 Å². The highest BCUT2D eigenvalue weighted by atomic mass is 16.5. The second-order valence-electron chi connectivity index (χ2n) is 7.89. The number of rotatable bonds is 9. The number of ether oxygens (including phenoxy) is 1. The molecule has 154 valence electrons. The first kappa shape index (κ1) is 20.8. The molecule has 1 aromatic heterocycles. The molecule has 1 aliphatic rings. The van der Waals surface area contributed by atoms with Crippen molar-refractivity contribution in [1.29, 1.82) is 0 Å². The Morgan fingerprint density at radius 2 is 2.14 bits per heavy atom. The highest BCUT2D eigenvalue weighted by molar-refractivity contribution is 5.80. The summed E-state index contributed by atoms with van der Waals surface area (Å²) >= 11 is 0. The minimum Gasteiger partial charge on any atom is -0.497 e. The van der Waals surface area contributed by atoms with Crippen molar-refractivity contribution in [2.24, 2.45) is 0 Å². The number of amides is 2. The van der Waals surface area contributed by atoms with Gasteiger partial charge in [0.15, 0.2) is 0 Å². The van der Waals surface area contributed by atoms with Gasteiger partial charge in [0.25, 0.3) is 0 Å². The number of aromatic nitrogens is 1. The topological polar surface area (TPSA) is 80.3 Å². The first-order valence-corrected chi connectivity index (χ1v) is 10.1. The van der Waals surface area contributed by atoms with E-state index in [1.807, 2.05) is 49.5 Å². The molecule has 0 aliphatic carbocycles. The molecule has 2 unspecified atom stereocenters. The van der Waals surface area contributed by atoms with Crippen molar-refractivity contribution in [1.82, 2.24) is 15.6 Å². The lowest BCUT2D eigenvalue weighted by atomic mass is 9.85. The van der Waals surface area contributed by atoms with Crippen molar-refractivity contribution < 1.29 is 14.3 Å². The molecule has 3 rings (SSSR count). The molecule has 1 aromatic carbocycles. The van der Waals surface area contributed by atoms with E-state index in [9.17, 15) is 9.59 Å². The first-order chi connectivity index (χ1) is 14.0. The van der Waals surface area contributed by atoms with E-state index >= 15 is 0 Å². The lowest BCUT2D eigenvalue weighted by molar-refractivity contribution is -0.123. The maximum absolute atomic E-state index is 12.5. The number of pyridine rings is 1. The largest absolute Gasteiger partial charge is 0.497 e. The molecule has 0 spiro atoms. The zero-order valence-corrected chi connectivity index (χ0v) is 17.1. The minimum atomic E-state index is -0.382. The summed E-state index contributed by atoms with van der Waals surface area (Å²) in [6.45, 7) is 1.99. The van der Waals surface area contributed by atoms with Gasteiger partial charge < -0.3 is 15.4 Å². The zero-order valence-electron chi connectivity index (χ0n) is 17.1. The fourth-order valence-corrected chi connectivity index (χ4v) is 3.98. The molecular weight excluding hydrogens is 366 g/mol. The van der Waals surface area contributed by atoms with E-state index in [4.69, 9.17) is 4.74 Å². The number of benzene rings is 1. The third kappa shape index (κ3) is 6.04. The Balaban J connectivity index is 1.57. The van der Waals surface area contributed by atoms with Gasteiger partial charge in [0, 0.05) is 36.8 Å².